The van der Waals surface area contributed by atoms with Gasteiger partial charge in [0.05, 0.1) is 18.7 Å². The molecule has 1 aromatic heterocycles. The van der Waals surface area contributed by atoms with E-state index in [2.05, 4.69) is 21.2 Å². The predicted octanol–water partition coefficient (Wildman–Crippen LogP) is 4.00. The normalized spacial score (nSPS) is 11.9. The van der Waals surface area contributed by atoms with Gasteiger partial charge >= 0.3 is 5.97 Å². The molecule has 1 unspecified atom stereocenters. The van der Waals surface area contributed by atoms with Gasteiger partial charge in [-0.25, -0.2) is 4.79 Å². The van der Waals surface area contributed by atoms with E-state index >= 15 is 0 Å². The van der Waals surface area contributed by atoms with Crippen molar-refractivity contribution < 1.29 is 13.9 Å². The van der Waals surface area contributed by atoms with Crippen molar-refractivity contribution in [2.75, 3.05) is 12.4 Å². The molecule has 0 aliphatic rings. The molecule has 1 aromatic carbocycles. The Kier molecular flexibility index (Phi) is 4.27. The zero-order valence-electron chi connectivity index (χ0n) is 10.6. The highest BCUT2D eigenvalue weighted by Gasteiger charge is 2.11. The van der Waals surface area contributed by atoms with Gasteiger partial charge in [0, 0.05) is 5.69 Å². The summed E-state index contributed by atoms with van der Waals surface area (Å²) in [6.07, 6.45) is 0. The fourth-order valence-electron chi connectivity index (χ4n) is 1.74. The SMILES string of the molecule is COC(=O)c1cccc(NC(C)c2ccc(Br)o2)c1. The number of carbonyl (C=O) groups excluding carboxylic acids is 1. The number of esters is 1. The van der Waals surface area contributed by atoms with Crippen molar-refractivity contribution in [3.8, 4) is 0 Å². The number of anilines is 1. The molecule has 0 aliphatic heterocycles. The average molecular weight is 324 g/mol. The van der Waals surface area contributed by atoms with Crippen LogP contribution in [0.5, 0.6) is 0 Å². The van der Waals surface area contributed by atoms with Gasteiger partial charge in [-0.3, -0.25) is 0 Å². The van der Waals surface area contributed by atoms with Crippen LogP contribution in [0.1, 0.15) is 29.1 Å². The van der Waals surface area contributed by atoms with Crippen molar-refractivity contribution in [2.24, 2.45) is 0 Å². The van der Waals surface area contributed by atoms with Crippen molar-refractivity contribution in [1.82, 2.24) is 0 Å². The third-order valence-electron chi connectivity index (χ3n) is 2.69. The lowest BCUT2D eigenvalue weighted by molar-refractivity contribution is 0.0601. The Hall–Kier alpha value is -1.75. The maximum atomic E-state index is 11.5. The lowest BCUT2D eigenvalue weighted by atomic mass is 10.2. The summed E-state index contributed by atoms with van der Waals surface area (Å²) >= 11 is 3.27. The van der Waals surface area contributed by atoms with Gasteiger partial charge in [-0.15, -0.1) is 0 Å². The molecule has 0 radical (unpaired) electrons. The second-order valence-electron chi connectivity index (χ2n) is 4.08. The molecular formula is C14H14BrNO3. The number of halogens is 1. The maximum absolute atomic E-state index is 11.5. The van der Waals surface area contributed by atoms with Crippen molar-refractivity contribution in [3.05, 3.63) is 52.4 Å². The zero-order chi connectivity index (χ0) is 13.8. The van der Waals surface area contributed by atoms with Gasteiger partial charge in [0.2, 0.25) is 0 Å². The van der Waals surface area contributed by atoms with Crippen LogP contribution < -0.4 is 5.32 Å². The van der Waals surface area contributed by atoms with Gasteiger partial charge < -0.3 is 14.5 Å². The van der Waals surface area contributed by atoms with Crippen LogP contribution in [0.3, 0.4) is 0 Å². The summed E-state index contributed by atoms with van der Waals surface area (Å²) in [6, 6.07) is 10.9. The fraction of sp³-hybridized carbons (Fsp3) is 0.214. The summed E-state index contributed by atoms with van der Waals surface area (Å²) in [4.78, 5) is 11.5. The summed E-state index contributed by atoms with van der Waals surface area (Å²) in [7, 11) is 1.37. The molecule has 0 bridgehead atoms. The molecule has 0 amide bonds. The van der Waals surface area contributed by atoms with Crippen LogP contribution in [0.15, 0.2) is 45.5 Å². The molecule has 1 N–H and O–H groups in total. The van der Waals surface area contributed by atoms with Gasteiger partial charge in [-0.05, 0) is 53.2 Å². The van der Waals surface area contributed by atoms with Gasteiger partial charge in [-0.2, -0.15) is 0 Å². The minimum absolute atomic E-state index is 0.000744. The number of carbonyl (C=O) groups is 1. The number of hydrogen-bond donors (Lipinski definition) is 1. The van der Waals surface area contributed by atoms with E-state index in [0.717, 1.165) is 11.4 Å². The molecule has 0 saturated carbocycles. The monoisotopic (exact) mass is 323 g/mol. The summed E-state index contributed by atoms with van der Waals surface area (Å²) in [6.45, 7) is 1.98. The molecule has 0 spiro atoms. The van der Waals surface area contributed by atoms with Gasteiger partial charge in [0.1, 0.15) is 5.76 Å². The Morgan fingerprint density at radius 3 is 2.79 bits per heavy atom. The maximum Gasteiger partial charge on any atom is 0.337 e. The van der Waals surface area contributed by atoms with Gasteiger partial charge in [-0.1, -0.05) is 6.07 Å². The Balaban J connectivity index is 2.12. The minimum atomic E-state index is -0.350. The molecule has 2 rings (SSSR count). The number of rotatable bonds is 4. The summed E-state index contributed by atoms with van der Waals surface area (Å²) in [5.74, 6) is 0.465. The largest absolute Gasteiger partial charge is 0.465 e. The lowest BCUT2D eigenvalue weighted by Gasteiger charge is -2.13. The van der Waals surface area contributed by atoms with Crippen molar-refractivity contribution in [2.45, 2.75) is 13.0 Å². The number of ether oxygens (including phenoxy) is 1. The summed E-state index contributed by atoms with van der Waals surface area (Å²) in [5, 5.41) is 3.27. The average Bonchev–Trinajstić information content (AvgIpc) is 2.85. The number of methoxy groups -OCH3 is 1. The molecule has 4 nitrogen and oxygen atoms in total. The zero-order valence-corrected chi connectivity index (χ0v) is 12.2. The molecular weight excluding hydrogens is 310 g/mol. The highest BCUT2D eigenvalue weighted by Crippen LogP contribution is 2.24. The molecule has 1 atom stereocenters. The van der Waals surface area contributed by atoms with E-state index in [1.807, 2.05) is 25.1 Å². The fourth-order valence-corrected chi connectivity index (χ4v) is 2.06. The Bertz CT molecular complexity index is 580. The van der Waals surface area contributed by atoms with Crippen molar-refractivity contribution in [1.29, 1.82) is 0 Å². The predicted molar refractivity (Wildman–Crippen MR) is 76.2 cm³/mol. The van der Waals surface area contributed by atoms with Gasteiger partial charge in [0.15, 0.2) is 4.67 Å². The van der Waals surface area contributed by atoms with Crippen molar-refractivity contribution >= 4 is 27.6 Å². The Morgan fingerprint density at radius 1 is 1.37 bits per heavy atom. The van der Waals surface area contributed by atoms with Crippen LogP contribution in [-0.2, 0) is 4.74 Å². The van der Waals surface area contributed by atoms with E-state index in [-0.39, 0.29) is 12.0 Å². The van der Waals surface area contributed by atoms with Gasteiger partial charge in [0.25, 0.3) is 0 Å². The number of benzene rings is 1. The van der Waals surface area contributed by atoms with E-state index in [9.17, 15) is 4.79 Å². The highest BCUT2D eigenvalue weighted by molar-refractivity contribution is 9.10. The highest BCUT2D eigenvalue weighted by atomic mass is 79.9. The first-order chi connectivity index (χ1) is 9.10. The second kappa shape index (κ2) is 5.93. The van der Waals surface area contributed by atoms with E-state index in [0.29, 0.717) is 10.2 Å². The number of furan rings is 1. The Morgan fingerprint density at radius 2 is 2.16 bits per heavy atom. The summed E-state index contributed by atoms with van der Waals surface area (Å²) in [5.41, 5.74) is 1.35. The molecule has 2 aromatic rings. The third kappa shape index (κ3) is 3.38. The van der Waals surface area contributed by atoms with Crippen molar-refractivity contribution in [3.63, 3.8) is 0 Å². The van der Waals surface area contributed by atoms with E-state index < -0.39 is 0 Å². The number of hydrogen-bond acceptors (Lipinski definition) is 4. The molecule has 5 heteroatoms. The van der Waals surface area contributed by atoms with Crippen LogP contribution in [0.2, 0.25) is 0 Å². The van der Waals surface area contributed by atoms with Crippen LogP contribution >= 0.6 is 15.9 Å². The van der Waals surface area contributed by atoms with Crippen LogP contribution in [0.25, 0.3) is 0 Å². The molecule has 19 heavy (non-hydrogen) atoms. The molecule has 0 fully saturated rings. The summed E-state index contributed by atoms with van der Waals surface area (Å²) < 4.78 is 10.9. The number of nitrogens with one attached hydrogen (secondary N) is 1. The minimum Gasteiger partial charge on any atom is -0.465 e. The van der Waals surface area contributed by atoms with Crippen LogP contribution in [0.4, 0.5) is 5.69 Å². The van der Waals surface area contributed by atoms with E-state index in [4.69, 9.17) is 9.15 Å². The van der Waals surface area contributed by atoms with Crippen LogP contribution in [-0.4, -0.2) is 13.1 Å². The Labute approximate surface area is 119 Å². The quantitative estimate of drug-likeness (QED) is 0.864. The first-order valence-electron chi connectivity index (χ1n) is 5.80. The first-order valence-corrected chi connectivity index (χ1v) is 6.59. The molecule has 0 saturated heterocycles. The smallest absolute Gasteiger partial charge is 0.337 e. The lowest BCUT2D eigenvalue weighted by Crippen LogP contribution is -2.07. The van der Waals surface area contributed by atoms with E-state index in [1.165, 1.54) is 7.11 Å². The third-order valence-corrected chi connectivity index (χ3v) is 3.11. The second-order valence-corrected chi connectivity index (χ2v) is 4.86. The standard InChI is InChI=1S/C14H14BrNO3/c1-9(12-6-7-13(15)19-12)16-11-5-3-4-10(8-11)14(17)18-2/h3-9,16H,1-2H3. The van der Waals surface area contributed by atoms with E-state index in [1.54, 1.807) is 18.2 Å². The molecule has 0 aliphatic carbocycles. The van der Waals surface area contributed by atoms with Crippen LogP contribution in [0, 0.1) is 0 Å². The topological polar surface area (TPSA) is 51.5 Å². The molecule has 1 heterocycles. The molecule has 100 valence electrons. The first kappa shape index (κ1) is 13.7.